The fraction of sp³-hybridized carbons (Fsp3) is 0.467. The molecule has 21 heavy (non-hydrogen) atoms. The number of carbonyl (C=O) groups excluding carboxylic acids is 2. The Balaban J connectivity index is 2.71. The molecule has 0 spiro atoms. The number of nitrogens with zero attached hydrogens (tertiary/aromatic N) is 1. The SMILES string of the molecule is CCN(CC(=O)Nc1ccccc1C(N)=O)CC(C)(C)O. The standard InChI is InChI=1S/C15H23N3O3/c1-4-18(10-15(2,3)21)9-13(19)17-12-8-6-5-7-11(12)14(16)20/h5-8,21H,4,9-10H2,1-3H3,(H2,16,20)(H,17,19). The summed E-state index contributed by atoms with van der Waals surface area (Å²) in [6, 6.07) is 6.59. The molecular weight excluding hydrogens is 270 g/mol. The highest BCUT2D eigenvalue weighted by molar-refractivity contribution is 6.03. The van der Waals surface area contributed by atoms with E-state index in [9.17, 15) is 14.7 Å². The van der Waals surface area contributed by atoms with Crippen molar-refractivity contribution in [1.29, 1.82) is 0 Å². The molecule has 0 heterocycles. The zero-order valence-corrected chi connectivity index (χ0v) is 12.7. The third-order valence-electron chi connectivity index (χ3n) is 2.89. The smallest absolute Gasteiger partial charge is 0.250 e. The van der Waals surface area contributed by atoms with E-state index in [1.807, 2.05) is 11.8 Å². The molecule has 1 rings (SSSR count). The average molecular weight is 293 g/mol. The zero-order chi connectivity index (χ0) is 16.0. The third kappa shape index (κ3) is 5.93. The van der Waals surface area contributed by atoms with Crippen LogP contribution in [-0.4, -0.2) is 47.1 Å². The molecule has 0 saturated carbocycles. The van der Waals surface area contributed by atoms with Crippen molar-refractivity contribution in [2.24, 2.45) is 5.73 Å². The van der Waals surface area contributed by atoms with Crippen LogP contribution in [0, 0.1) is 0 Å². The van der Waals surface area contributed by atoms with Gasteiger partial charge in [0.25, 0.3) is 5.91 Å². The number of rotatable bonds is 7. The van der Waals surface area contributed by atoms with Crippen molar-refractivity contribution >= 4 is 17.5 Å². The normalized spacial score (nSPS) is 11.5. The van der Waals surface area contributed by atoms with Crippen LogP contribution in [-0.2, 0) is 4.79 Å². The molecule has 0 unspecified atom stereocenters. The Morgan fingerprint density at radius 1 is 1.33 bits per heavy atom. The number of hydrogen-bond acceptors (Lipinski definition) is 4. The minimum Gasteiger partial charge on any atom is -0.389 e. The van der Waals surface area contributed by atoms with Crippen LogP contribution in [0.25, 0.3) is 0 Å². The van der Waals surface area contributed by atoms with Gasteiger partial charge >= 0.3 is 0 Å². The second-order valence-corrected chi connectivity index (χ2v) is 5.57. The predicted molar refractivity (Wildman–Crippen MR) is 82.0 cm³/mol. The van der Waals surface area contributed by atoms with Crippen LogP contribution >= 0.6 is 0 Å². The van der Waals surface area contributed by atoms with Gasteiger partial charge < -0.3 is 16.2 Å². The number of benzene rings is 1. The first-order valence-electron chi connectivity index (χ1n) is 6.86. The minimum absolute atomic E-state index is 0.133. The summed E-state index contributed by atoms with van der Waals surface area (Å²) in [6.45, 7) is 6.44. The summed E-state index contributed by atoms with van der Waals surface area (Å²) >= 11 is 0. The summed E-state index contributed by atoms with van der Waals surface area (Å²) in [5, 5.41) is 12.5. The summed E-state index contributed by atoms with van der Waals surface area (Å²) in [5.41, 5.74) is 5.07. The lowest BCUT2D eigenvalue weighted by molar-refractivity contribution is -0.117. The summed E-state index contributed by atoms with van der Waals surface area (Å²) in [6.07, 6.45) is 0. The number of anilines is 1. The molecular formula is C15H23N3O3. The van der Waals surface area contributed by atoms with Crippen LogP contribution in [0.3, 0.4) is 0 Å². The lowest BCUT2D eigenvalue weighted by atomic mass is 10.1. The summed E-state index contributed by atoms with van der Waals surface area (Å²) in [7, 11) is 0. The van der Waals surface area contributed by atoms with Crippen LogP contribution in [0.2, 0.25) is 0 Å². The highest BCUT2D eigenvalue weighted by Gasteiger charge is 2.19. The summed E-state index contributed by atoms with van der Waals surface area (Å²) in [5.74, 6) is -0.843. The topological polar surface area (TPSA) is 95.7 Å². The molecule has 1 aromatic rings. The van der Waals surface area contributed by atoms with Crippen LogP contribution in [0.15, 0.2) is 24.3 Å². The van der Waals surface area contributed by atoms with Crippen molar-refractivity contribution in [2.75, 3.05) is 25.0 Å². The maximum absolute atomic E-state index is 12.1. The number of nitrogens with one attached hydrogen (secondary N) is 1. The molecule has 0 atom stereocenters. The van der Waals surface area contributed by atoms with Gasteiger partial charge in [-0.05, 0) is 32.5 Å². The van der Waals surface area contributed by atoms with Crippen molar-refractivity contribution in [2.45, 2.75) is 26.4 Å². The number of para-hydroxylation sites is 1. The van der Waals surface area contributed by atoms with E-state index in [2.05, 4.69) is 5.32 Å². The first-order valence-corrected chi connectivity index (χ1v) is 6.86. The van der Waals surface area contributed by atoms with E-state index >= 15 is 0 Å². The molecule has 0 fully saturated rings. The van der Waals surface area contributed by atoms with E-state index in [0.29, 0.717) is 18.8 Å². The van der Waals surface area contributed by atoms with Crippen molar-refractivity contribution in [3.05, 3.63) is 29.8 Å². The molecule has 0 aromatic heterocycles. The van der Waals surface area contributed by atoms with E-state index in [-0.39, 0.29) is 18.0 Å². The number of carbonyl (C=O) groups is 2. The summed E-state index contributed by atoms with van der Waals surface area (Å²) in [4.78, 5) is 25.2. The molecule has 1 aromatic carbocycles. The van der Waals surface area contributed by atoms with Gasteiger partial charge in [-0.25, -0.2) is 0 Å². The van der Waals surface area contributed by atoms with Gasteiger partial charge in [0.2, 0.25) is 5.91 Å². The lowest BCUT2D eigenvalue weighted by Crippen LogP contribution is -2.42. The van der Waals surface area contributed by atoms with Crippen molar-refractivity contribution in [1.82, 2.24) is 4.90 Å². The van der Waals surface area contributed by atoms with Crippen LogP contribution < -0.4 is 11.1 Å². The number of primary amides is 1. The van der Waals surface area contributed by atoms with E-state index in [1.165, 1.54) is 0 Å². The lowest BCUT2D eigenvalue weighted by Gasteiger charge is -2.27. The Morgan fingerprint density at radius 3 is 2.48 bits per heavy atom. The Bertz CT molecular complexity index is 509. The van der Waals surface area contributed by atoms with Crippen LogP contribution in [0.1, 0.15) is 31.1 Å². The van der Waals surface area contributed by atoms with Gasteiger partial charge in [0, 0.05) is 6.54 Å². The molecule has 116 valence electrons. The fourth-order valence-corrected chi connectivity index (χ4v) is 2.03. The second kappa shape index (κ2) is 7.19. The van der Waals surface area contributed by atoms with Crippen LogP contribution in [0.4, 0.5) is 5.69 Å². The zero-order valence-electron chi connectivity index (χ0n) is 12.7. The number of likely N-dealkylation sites (N-methyl/N-ethyl adjacent to an activating group) is 1. The van der Waals surface area contributed by atoms with Crippen molar-refractivity contribution in [3.8, 4) is 0 Å². The third-order valence-corrected chi connectivity index (χ3v) is 2.89. The molecule has 0 aliphatic rings. The summed E-state index contributed by atoms with van der Waals surface area (Å²) < 4.78 is 0. The van der Waals surface area contributed by atoms with Gasteiger partial charge in [-0.3, -0.25) is 14.5 Å². The Morgan fingerprint density at radius 2 is 1.95 bits per heavy atom. The molecule has 4 N–H and O–H groups in total. The molecule has 0 radical (unpaired) electrons. The van der Waals surface area contributed by atoms with Crippen molar-refractivity contribution in [3.63, 3.8) is 0 Å². The number of aliphatic hydroxyl groups is 1. The van der Waals surface area contributed by atoms with Crippen LogP contribution in [0.5, 0.6) is 0 Å². The molecule has 0 aliphatic heterocycles. The van der Waals surface area contributed by atoms with Gasteiger partial charge in [-0.2, -0.15) is 0 Å². The molecule has 6 heteroatoms. The first kappa shape index (κ1) is 17.1. The quantitative estimate of drug-likeness (QED) is 0.693. The minimum atomic E-state index is -0.874. The van der Waals surface area contributed by atoms with E-state index in [4.69, 9.17) is 5.73 Å². The largest absolute Gasteiger partial charge is 0.389 e. The Kier molecular flexibility index (Phi) is 5.87. The molecule has 2 amide bonds. The highest BCUT2D eigenvalue weighted by atomic mass is 16.3. The fourth-order valence-electron chi connectivity index (χ4n) is 2.03. The molecule has 0 saturated heterocycles. The predicted octanol–water partition coefficient (Wildman–Crippen LogP) is 0.817. The Labute approximate surface area is 124 Å². The van der Waals surface area contributed by atoms with Gasteiger partial charge in [0.1, 0.15) is 0 Å². The van der Waals surface area contributed by atoms with Gasteiger partial charge in [-0.15, -0.1) is 0 Å². The molecule has 0 bridgehead atoms. The van der Waals surface area contributed by atoms with Gasteiger partial charge in [0.15, 0.2) is 0 Å². The maximum atomic E-state index is 12.1. The van der Waals surface area contributed by atoms with Gasteiger partial charge in [0.05, 0.1) is 23.4 Å². The van der Waals surface area contributed by atoms with E-state index in [1.54, 1.807) is 38.1 Å². The average Bonchev–Trinajstić information content (AvgIpc) is 2.36. The number of nitrogens with two attached hydrogens (primary N) is 1. The highest BCUT2D eigenvalue weighted by Crippen LogP contribution is 2.14. The van der Waals surface area contributed by atoms with Gasteiger partial charge in [-0.1, -0.05) is 19.1 Å². The maximum Gasteiger partial charge on any atom is 0.250 e. The monoisotopic (exact) mass is 293 g/mol. The number of amides is 2. The van der Waals surface area contributed by atoms with E-state index in [0.717, 1.165) is 0 Å². The molecule has 6 nitrogen and oxygen atoms in total. The molecule has 0 aliphatic carbocycles. The first-order chi connectivity index (χ1) is 9.73. The van der Waals surface area contributed by atoms with E-state index < -0.39 is 11.5 Å². The Hall–Kier alpha value is -1.92. The van der Waals surface area contributed by atoms with Crippen molar-refractivity contribution < 1.29 is 14.7 Å². The second-order valence-electron chi connectivity index (χ2n) is 5.57. The number of hydrogen-bond donors (Lipinski definition) is 3.